The van der Waals surface area contributed by atoms with Crippen LogP contribution >= 0.6 is 11.6 Å². The topological polar surface area (TPSA) is 86.5 Å². The molecular formula is C21H26ClN3O4. The Morgan fingerprint density at radius 2 is 1.90 bits per heavy atom. The fraction of sp³-hybridized carbons (Fsp3) is 0.571. The van der Waals surface area contributed by atoms with E-state index in [1.807, 2.05) is 6.07 Å². The van der Waals surface area contributed by atoms with Gasteiger partial charge in [0.25, 0.3) is 0 Å². The zero-order valence-electron chi connectivity index (χ0n) is 16.6. The third-order valence-corrected chi connectivity index (χ3v) is 5.80. The molecule has 0 atom stereocenters. The maximum absolute atomic E-state index is 13.0. The molecule has 0 unspecified atom stereocenters. The molecule has 1 fully saturated rings. The smallest absolute Gasteiger partial charge is 0.225 e. The Bertz CT molecular complexity index is 875. The van der Waals surface area contributed by atoms with Crippen molar-refractivity contribution in [2.45, 2.75) is 63.8 Å². The van der Waals surface area contributed by atoms with Crippen molar-refractivity contribution in [2.75, 3.05) is 13.2 Å². The lowest BCUT2D eigenvalue weighted by Crippen LogP contribution is -2.47. The average molecular weight is 420 g/mol. The van der Waals surface area contributed by atoms with Crippen molar-refractivity contribution < 1.29 is 18.8 Å². The number of halogens is 1. The van der Waals surface area contributed by atoms with E-state index in [-0.39, 0.29) is 12.3 Å². The van der Waals surface area contributed by atoms with Crippen molar-refractivity contribution in [3.8, 4) is 11.5 Å². The summed E-state index contributed by atoms with van der Waals surface area (Å²) in [6.07, 6.45) is 6.92. The van der Waals surface area contributed by atoms with Crippen LogP contribution in [-0.2, 0) is 16.8 Å². The molecule has 1 aromatic heterocycles. The highest BCUT2D eigenvalue weighted by Crippen LogP contribution is 2.38. The summed E-state index contributed by atoms with van der Waals surface area (Å²) in [5, 5.41) is 7.82. The van der Waals surface area contributed by atoms with Gasteiger partial charge >= 0.3 is 0 Å². The van der Waals surface area contributed by atoms with Crippen LogP contribution in [0.3, 0.4) is 0 Å². The number of nitrogens with zero attached hydrogens (tertiary/aromatic N) is 2. The number of fused-ring (bicyclic) bond motifs is 1. The molecule has 2 aliphatic rings. The summed E-state index contributed by atoms with van der Waals surface area (Å²) in [7, 11) is 0. The van der Waals surface area contributed by atoms with Crippen LogP contribution in [0.4, 0.5) is 0 Å². The summed E-state index contributed by atoms with van der Waals surface area (Å²) in [5.41, 5.74) is 0.199. The Morgan fingerprint density at radius 3 is 2.62 bits per heavy atom. The van der Waals surface area contributed by atoms with Crippen LogP contribution < -0.4 is 14.8 Å². The molecule has 4 rings (SSSR count). The van der Waals surface area contributed by atoms with E-state index >= 15 is 0 Å². The first-order valence-corrected chi connectivity index (χ1v) is 10.6. The Morgan fingerprint density at radius 1 is 1.14 bits per heavy atom. The van der Waals surface area contributed by atoms with Crippen molar-refractivity contribution in [1.29, 1.82) is 0 Å². The molecule has 8 heteroatoms. The Kier molecular flexibility index (Phi) is 5.94. The molecule has 0 radical (unpaired) electrons. The molecule has 0 saturated heterocycles. The number of hydrogen-bond donors (Lipinski definition) is 1. The number of aromatic nitrogens is 2. The normalized spacial score (nSPS) is 18.6. The molecule has 1 saturated carbocycles. The number of carbonyl (C=O) groups is 1. The van der Waals surface area contributed by atoms with E-state index in [4.69, 9.17) is 25.6 Å². The molecule has 0 spiro atoms. The lowest BCUT2D eigenvalue weighted by molar-refractivity contribution is -0.122. The highest BCUT2D eigenvalue weighted by atomic mass is 35.5. The van der Waals surface area contributed by atoms with Gasteiger partial charge in [-0.3, -0.25) is 4.79 Å². The summed E-state index contributed by atoms with van der Waals surface area (Å²) in [6.45, 7) is 2.90. The van der Waals surface area contributed by atoms with E-state index < -0.39 is 5.54 Å². The molecule has 29 heavy (non-hydrogen) atoms. The number of ether oxygens (including phenoxy) is 2. The van der Waals surface area contributed by atoms with Crippen LogP contribution in [-0.4, -0.2) is 29.3 Å². The fourth-order valence-corrected chi connectivity index (χ4v) is 4.40. The number of hydrogen-bond acceptors (Lipinski definition) is 6. The van der Waals surface area contributed by atoms with Crippen LogP contribution in [0.15, 0.2) is 16.7 Å². The molecular weight excluding hydrogens is 394 g/mol. The second-order valence-corrected chi connectivity index (χ2v) is 8.22. The van der Waals surface area contributed by atoms with Crippen molar-refractivity contribution in [1.82, 2.24) is 15.5 Å². The molecule has 0 bridgehead atoms. The van der Waals surface area contributed by atoms with E-state index in [2.05, 4.69) is 15.5 Å². The molecule has 2 heterocycles. The molecule has 1 aromatic carbocycles. The molecule has 1 amide bonds. The van der Waals surface area contributed by atoms with Gasteiger partial charge in [-0.25, -0.2) is 0 Å². The van der Waals surface area contributed by atoms with E-state index in [1.165, 1.54) is 0 Å². The van der Waals surface area contributed by atoms with Crippen LogP contribution in [0, 0.1) is 6.92 Å². The van der Waals surface area contributed by atoms with Crippen molar-refractivity contribution in [3.05, 3.63) is 34.4 Å². The third kappa shape index (κ3) is 4.50. The van der Waals surface area contributed by atoms with E-state index in [9.17, 15) is 4.79 Å². The SMILES string of the molecule is Cc1nc(C2(NC(=O)Cc3cc(Cl)c4c(c3)OCCCO4)CCCCCC2)no1. The van der Waals surface area contributed by atoms with Crippen LogP contribution in [0.1, 0.15) is 62.2 Å². The second-order valence-electron chi connectivity index (χ2n) is 7.81. The van der Waals surface area contributed by atoms with E-state index in [0.29, 0.717) is 41.5 Å². The molecule has 1 aliphatic carbocycles. The summed E-state index contributed by atoms with van der Waals surface area (Å²) in [6, 6.07) is 3.61. The van der Waals surface area contributed by atoms with Gasteiger partial charge in [-0.1, -0.05) is 42.4 Å². The van der Waals surface area contributed by atoms with E-state index in [1.54, 1.807) is 13.0 Å². The minimum atomic E-state index is -0.583. The standard InChI is InChI=1S/C21H26ClN3O4/c1-14-23-20(25-29-14)21(7-4-2-3-5-8-21)24-18(26)13-15-11-16(22)19-17(12-15)27-9-6-10-28-19/h11-12H,2-10,13H2,1H3,(H,24,26). The van der Waals surface area contributed by atoms with Crippen LogP contribution in [0.5, 0.6) is 11.5 Å². The first kappa shape index (κ1) is 20.0. The van der Waals surface area contributed by atoms with Gasteiger partial charge in [0.1, 0.15) is 5.54 Å². The number of nitrogens with one attached hydrogen (secondary N) is 1. The summed E-state index contributed by atoms with van der Waals surface area (Å²) in [4.78, 5) is 17.5. The molecule has 1 N–H and O–H groups in total. The van der Waals surface area contributed by atoms with Crippen molar-refractivity contribution in [2.24, 2.45) is 0 Å². The number of amides is 1. The van der Waals surface area contributed by atoms with Gasteiger partial charge in [-0.15, -0.1) is 0 Å². The Balaban J connectivity index is 1.54. The molecule has 2 aromatic rings. The Hall–Kier alpha value is -2.28. The van der Waals surface area contributed by atoms with Gasteiger partial charge in [0.05, 0.1) is 24.7 Å². The number of aryl methyl sites for hydroxylation is 1. The molecule has 1 aliphatic heterocycles. The highest BCUT2D eigenvalue weighted by molar-refractivity contribution is 6.32. The van der Waals surface area contributed by atoms with Crippen molar-refractivity contribution in [3.63, 3.8) is 0 Å². The van der Waals surface area contributed by atoms with E-state index in [0.717, 1.165) is 50.5 Å². The maximum atomic E-state index is 13.0. The quantitative estimate of drug-likeness (QED) is 0.751. The maximum Gasteiger partial charge on any atom is 0.225 e. The molecule has 156 valence electrons. The van der Waals surface area contributed by atoms with Gasteiger partial charge in [0.15, 0.2) is 17.3 Å². The minimum Gasteiger partial charge on any atom is -0.489 e. The predicted octanol–water partition coefficient (Wildman–Crippen LogP) is 4.10. The van der Waals surface area contributed by atoms with Gasteiger partial charge in [-0.2, -0.15) is 4.98 Å². The number of rotatable bonds is 4. The summed E-state index contributed by atoms with van der Waals surface area (Å²) in [5.74, 6) is 2.13. The fourth-order valence-electron chi connectivity index (χ4n) is 4.11. The largest absolute Gasteiger partial charge is 0.489 e. The van der Waals surface area contributed by atoms with Gasteiger partial charge in [0.2, 0.25) is 11.8 Å². The minimum absolute atomic E-state index is 0.0973. The van der Waals surface area contributed by atoms with Crippen LogP contribution in [0.2, 0.25) is 5.02 Å². The lowest BCUT2D eigenvalue weighted by Gasteiger charge is -2.30. The lowest BCUT2D eigenvalue weighted by atomic mass is 9.88. The zero-order valence-corrected chi connectivity index (χ0v) is 17.4. The zero-order chi connectivity index (χ0) is 20.3. The average Bonchev–Trinajstić information content (AvgIpc) is 2.87. The first-order valence-electron chi connectivity index (χ1n) is 10.3. The van der Waals surface area contributed by atoms with Crippen LogP contribution in [0.25, 0.3) is 0 Å². The summed E-state index contributed by atoms with van der Waals surface area (Å²) >= 11 is 6.37. The second kappa shape index (κ2) is 8.61. The monoisotopic (exact) mass is 419 g/mol. The number of carbonyl (C=O) groups excluding carboxylic acids is 1. The third-order valence-electron chi connectivity index (χ3n) is 5.52. The van der Waals surface area contributed by atoms with Gasteiger partial charge < -0.3 is 19.3 Å². The summed E-state index contributed by atoms with van der Waals surface area (Å²) < 4.78 is 16.6. The Labute approximate surface area is 175 Å². The molecule has 7 nitrogen and oxygen atoms in total. The highest BCUT2D eigenvalue weighted by Gasteiger charge is 2.38. The van der Waals surface area contributed by atoms with Crippen molar-refractivity contribution >= 4 is 17.5 Å². The van der Waals surface area contributed by atoms with Gasteiger partial charge in [0, 0.05) is 13.3 Å². The predicted molar refractivity (Wildman–Crippen MR) is 107 cm³/mol. The van der Waals surface area contributed by atoms with Gasteiger partial charge in [-0.05, 0) is 30.5 Å². The first-order chi connectivity index (χ1) is 14.1. The number of benzene rings is 1.